The van der Waals surface area contributed by atoms with E-state index in [1.54, 1.807) is 6.07 Å². The maximum Gasteiger partial charge on any atom is 0.115 e. The van der Waals surface area contributed by atoms with Crippen LogP contribution in [0.5, 0.6) is 5.75 Å². The Labute approximate surface area is 93.3 Å². The number of phenolic OH excluding ortho intramolecular Hbond substituents is 1. The lowest BCUT2D eigenvalue weighted by Crippen LogP contribution is -2.23. The van der Waals surface area contributed by atoms with Crippen LogP contribution in [-0.2, 0) is 6.42 Å². The molecule has 0 spiro atoms. The molecule has 1 aliphatic rings. The fraction of sp³-hybridized carbons (Fsp3) is 0.500. The number of aromatic hydroxyl groups is 1. The van der Waals surface area contributed by atoms with E-state index >= 15 is 0 Å². The molecule has 0 saturated carbocycles. The van der Waals surface area contributed by atoms with Crippen molar-refractivity contribution in [2.45, 2.75) is 31.5 Å². The van der Waals surface area contributed by atoms with Gasteiger partial charge in [-0.05, 0) is 41.5 Å². The molecule has 1 nitrogen and oxygen atoms in total. The third-order valence-electron chi connectivity index (χ3n) is 2.86. The Kier molecular flexibility index (Phi) is 2.34. The zero-order chi connectivity index (χ0) is 10.3. The van der Waals surface area contributed by atoms with Gasteiger partial charge in [0.05, 0.1) is 0 Å². The van der Waals surface area contributed by atoms with Crippen LogP contribution in [0.1, 0.15) is 36.2 Å². The van der Waals surface area contributed by atoms with Gasteiger partial charge in [0.25, 0.3) is 0 Å². The minimum absolute atomic E-state index is 0.328. The quantitative estimate of drug-likeness (QED) is 0.699. The van der Waals surface area contributed by atoms with Crippen molar-refractivity contribution in [1.82, 2.24) is 0 Å². The van der Waals surface area contributed by atoms with Gasteiger partial charge in [-0.1, -0.05) is 35.8 Å². The van der Waals surface area contributed by atoms with E-state index in [1.165, 1.54) is 11.1 Å². The van der Waals surface area contributed by atoms with Crippen molar-refractivity contribution in [1.29, 1.82) is 0 Å². The molecule has 0 amide bonds. The van der Waals surface area contributed by atoms with E-state index in [0.29, 0.717) is 16.0 Å². The summed E-state index contributed by atoms with van der Waals surface area (Å²) in [6, 6.07) is 5.69. The topological polar surface area (TPSA) is 20.2 Å². The summed E-state index contributed by atoms with van der Waals surface area (Å²) in [7, 11) is 0. The molecule has 1 unspecified atom stereocenters. The highest BCUT2D eigenvalue weighted by atomic mass is 79.9. The zero-order valence-corrected chi connectivity index (χ0v) is 10.1. The van der Waals surface area contributed by atoms with Crippen LogP contribution in [0, 0.1) is 5.41 Å². The second kappa shape index (κ2) is 3.27. The number of hydrogen-bond acceptors (Lipinski definition) is 1. The van der Waals surface area contributed by atoms with Gasteiger partial charge in [0.2, 0.25) is 0 Å². The van der Waals surface area contributed by atoms with E-state index in [2.05, 4.69) is 29.8 Å². The Hall–Kier alpha value is -0.500. The summed E-state index contributed by atoms with van der Waals surface area (Å²) >= 11 is 3.71. The molecule has 0 fully saturated rings. The SMILES string of the molecule is CC1(C)Cc2cc(O)ccc2C(Br)C1. The summed E-state index contributed by atoms with van der Waals surface area (Å²) < 4.78 is 0. The van der Waals surface area contributed by atoms with Crippen molar-refractivity contribution >= 4 is 15.9 Å². The number of rotatable bonds is 0. The van der Waals surface area contributed by atoms with Crippen molar-refractivity contribution in [2.75, 3.05) is 0 Å². The van der Waals surface area contributed by atoms with Gasteiger partial charge in [-0.25, -0.2) is 0 Å². The molecule has 1 atom stereocenters. The second-order valence-corrected chi connectivity index (χ2v) is 6.00. The van der Waals surface area contributed by atoms with E-state index in [0.717, 1.165) is 12.8 Å². The number of hydrogen-bond donors (Lipinski definition) is 1. The van der Waals surface area contributed by atoms with Crippen LogP contribution in [0.25, 0.3) is 0 Å². The molecule has 1 aromatic rings. The highest BCUT2D eigenvalue weighted by Crippen LogP contribution is 2.45. The van der Waals surface area contributed by atoms with Gasteiger partial charge >= 0.3 is 0 Å². The van der Waals surface area contributed by atoms with E-state index in [1.807, 2.05) is 12.1 Å². The molecule has 0 radical (unpaired) electrons. The molecule has 2 heteroatoms. The summed E-state index contributed by atoms with van der Waals surface area (Å²) in [6.07, 6.45) is 2.21. The van der Waals surface area contributed by atoms with Crippen LogP contribution < -0.4 is 0 Å². The number of halogens is 1. The summed E-state index contributed by atoms with van der Waals surface area (Å²) in [5.41, 5.74) is 2.94. The average Bonchev–Trinajstić information content (AvgIpc) is 2.00. The smallest absolute Gasteiger partial charge is 0.115 e. The normalized spacial score (nSPS) is 24.4. The first-order valence-corrected chi connectivity index (χ1v) is 5.85. The molecule has 14 heavy (non-hydrogen) atoms. The first-order valence-electron chi connectivity index (χ1n) is 4.94. The van der Waals surface area contributed by atoms with E-state index in [4.69, 9.17) is 0 Å². The van der Waals surface area contributed by atoms with E-state index in [-0.39, 0.29) is 0 Å². The van der Waals surface area contributed by atoms with Gasteiger partial charge in [0.15, 0.2) is 0 Å². The van der Waals surface area contributed by atoms with Gasteiger partial charge < -0.3 is 5.11 Å². The maximum absolute atomic E-state index is 9.43. The Morgan fingerprint density at radius 3 is 2.86 bits per heavy atom. The van der Waals surface area contributed by atoms with E-state index < -0.39 is 0 Å². The van der Waals surface area contributed by atoms with Gasteiger partial charge in [0, 0.05) is 4.83 Å². The number of benzene rings is 1. The third-order valence-corrected chi connectivity index (χ3v) is 3.68. The van der Waals surface area contributed by atoms with Crippen molar-refractivity contribution in [3.05, 3.63) is 29.3 Å². The largest absolute Gasteiger partial charge is 0.508 e. The zero-order valence-electron chi connectivity index (χ0n) is 8.55. The van der Waals surface area contributed by atoms with Crippen molar-refractivity contribution in [2.24, 2.45) is 5.41 Å². The molecule has 0 heterocycles. The Balaban J connectivity index is 2.46. The van der Waals surface area contributed by atoms with Crippen molar-refractivity contribution in [3.63, 3.8) is 0 Å². The lowest BCUT2D eigenvalue weighted by Gasteiger charge is -2.34. The standard InChI is InChI=1S/C12H15BrO/c1-12(2)6-8-5-9(14)3-4-10(8)11(13)7-12/h3-5,11,14H,6-7H2,1-2H3. The first kappa shape index (κ1) is 10.0. The summed E-state index contributed by atoms with van der Waals surface area (Å²) in [5.74, 6) is 0.376. The summed E-state index contributed by atoms with van der Waals surface area (Å²) in [6.45, 7) is 4.54. The van der Waals surface area contributed by atoms with Crippen molar-refractivity contribution < 1.29 is 5.11 Å². The minimum atomic E-state index is 0.328. The van der Waals surface area contributed by atoms with Gasteiger partial charge in [-0.3, -0.25) is 0 Å². The predicted octanol–water partition coefficient (Wildman–Crippen LogP) is 3.80. The molecule has 0 aliphatic heterocycles. The number of fused-ring (bicyclic) bond motifs is 1. The Morgan fingerprint density at radius 2 is 2.14 bits per heavy atom. The van der Waals surface area contributed by atoms with Crippen LogP contribution in [0.15, 0.2) is 18.2 Å². The van der Waals surface area contributed by atoms with E-state index in [9.17, 15) is 5.11 Å². The lowest BCUT2D eigenvalue weighted by molar-refractivity contribution is 0.313. The highest BCUT2D eigenvalue weighted by Gasteiger charge is 2.30. The average molecular weight is 255 g/mol. The lowest BCUT2D eigenvalue weighted by atomic mass is 9.74. The van der Waals surface area contributed by atoms with Gasteiger partial charge in [-0.2, -0.15) is 0 Å². The molecule has 0 bridgehead atoms. The van der Waals surface area contributed by atoms with Gasteiger partial charge in [0.1, 0.15) is 5.75 Å². The predicted molar refractivity (Wildman–Crippen MR) is 61.9 cm³/mol. The number of phenols is 1. The van der Waals surface area contributed by atoms with Crippen LogP contribution >= 0.6 is 15.9 Å². The number of alkyl halides is 1. The molecule has 2 rings (SSSR count). The molecule has 1 N–H and O–H groups in total. The molecule has 0 aromatic heterocycles. The Bertz CT molecular complexity index is 357. The summed E-state index contributed by atoms with van der Waals surface area (Å²) in [4.78, 5) is 0.432. The highest BCUT2D eigenvalue weighted by molar-refractivity contribution is 9.09. The first-order chi connectivity index (χ1) is 6.48. The maximum atomic E-state index is 9.43. The molecular weight excluding hydrogens is 240 g/mol. The molecule has 1 aliphatic carbocycles. The van der Waals surface area contributed by atoms with Crippen LogP contribution in [0.2, 0.25) is 0 Å². The molecular formula is C12H15BrO. The third kappa shape index (κ3) is 1.81. The van der Waals surface area contributed by atoms with Gasteiger partial charge in [-0.15, -0.1) is 0 Å². The van der Waals surface area contributed by atoms with Crippen LogP contribution in [0.3, 0.4) is 0 Å². The summed E-state index contributed by atoms with van der Waals surface area (Å²) in [5, 5.41) is 9.43. The Morgan fingerprint density at radius 1 is 1.43 bits per heavy atom. The van der Waals surface area contributed by atoms with Crippen LogP contribution in [0.4, 0.5) is 0 Å². The molecule has 1 aromatic carbocycles. The monoisotopic (exact) mass is 254 g/mol. The fourth-order valence-corrected chi connectivity index (χ4v) is 3.56. The minimum Gasteiger partial charge on any atom is -0.508 e. The van der Waals surface area contributed by atoms with Crippen molar-refractivity contribution in [3.8, 4) is 5.75 Å². The second-order valence-electron chi connectivity index (χ2n) is 4.90. The molecule has 76 valence electrons. The van der Waals surface area contributed by atoms with Crippen LogP contribution in [-0.4, -0.2) is 5.11 Å². The molecule has 0 saturated heterocycles. The fourth-order valence-electron chi connectivity index (χ4n) is 2.23.